The molecule has 144 valence electrons. The van der Waals surface area contributed by atoms with Crippen molar-refractivity contribution < 1.29 is 9.57 Å². The van der Waals surface area contributed by atoms with E-state index in [0.717, 1.165) is 16.9 Å². The van der Waals surface area contributed by atoms with E-state index in [1.54, 1.807) is 13.4 Å². The average Bonchev–Trinajstić information content (AvgIpc) is 3.15. The molecule has 1 aliphatic heterocycles. The molecule has 4 rings (SSSR count). The van der Waals surface area contributed by atoms with Gasteiger partial charge in [0, 0.05) is 11.2 Å². The topological polar surface area (TPSA) is 73.6 Å². The summed E-state index contributed by atoms with van der Waals surface area (Å²) in [5.74, 6) is 1.02. The van der Waals surface area contributed by atoms with Crippen molar-refractivity contribution in [2.24, 2.45) is 4.99 Å². The number of hydroxylamine groups is 1. The number of nitrogens with one attached hydrogen (secondary N) is 1. The molecule has 0 aliphatic carbocycles. The lowest BCUT2D eigenvalue weighted by atomic mass is 10.0. The highest BCUT2D eigenvalue weighted by molar-refractivity contribution is 6.30. The van der Waals surface area contributed by atoms with Crippen molar-refractivity contribution >= 4 is 17.4 Å². The number of halogens is 1. The summed E-state index contributed by atoms with van der Waals surface area (Å²) >= 11 is 6.00. The molecule has 3 heterocycles. The van der Waals surface area contributed by atoms with Crippen molar-refractivity contribution in [2.75, 3.05) is 7.11 Å². The van der Waals surface area contributed by atoms with Crippen LogP contribution in [0.15, 0.2) is 53.9 Å². The first-order valence-corrected chi connectivity index (χ1v) is 9.24. The fraction of sp³-hybridized carbons (Fsp3) is 0.250. The first kappa shape index (κ1) is 18.5. The van der Waals surface area contributed by atoms with Crippen molar-refractivity contribution in [2.45, 2.75) is 26.0 Å². The minimum Gasteiger partial charge on any atom is -0.479 e. The van der Waals surface area contributed by atoms with Crippen LogP contribution in [0.4, 0.5) is 0 Å². The minimum atomic E-state index is -0.169. The Kier molecular flexibility index (Phi) is 5.02. The molecule has 1 N–H and O–H groups in total. The van der Waals surface area contributed by atoms with Gasteiger partial charge >= 0.3 is 0 Å². The Morgan fingerprint density at radius 2 is 1.96 bits per heavy atom. The molecule has 8 heteroatoms. The molecule has 1 aromatic carbocycles. The van der Waals surface area contributed by atoms with Gasteiger partial charge in [-0.05, 0) is 43.7 Å². The number of benzene rings is 1. The molecular formula is C20H20ClN5O2. The second-order valence-electron chi connectivity index (χ2n) is 6.55. The number of pyridine rings is 1. The summed E-state index contributed by atoms with van der Waals surface area (Å²) < 4.78 is 7.36. The third-order valence-corrected chi connectivity index (χ3v) is 4.78. The van der Waals surface area contributed by atoms with E-state index in [4.69, 9.17) is 26.2 Å². The fourth-order valence-corrected chi connectivity index (χ4v) is 3.20. The zero-order valence-electron chi connectivity index (χ0n) is 15.8. The lowest BCUT2D eigenvalue weighted by Gasteiger charge is -2.28. The maximum atomic E-state index is 6.00. The molecular weight excluding hydrogens is 378 g/mol. The molecule has 2 aromatic heterocycles. The van der Waals surface area contributed by atoms with Crippen molar-refractivity contribution in [1.82, 2.24) is 20.0 Å². The standard InChI is InChI=1S/C20H20ClN5O2/c1-12-10-26(11-22-12)17-9-8-16(23-20(17)27-3)19-24-18(13(2)28-25-19)14-4-6-15(21)7-5-14/h4-11,13,18H,1-3H3,(H,24,25)/t13-,18+/m1/s1. The molecule has 28 heavy (non-hydrogen) atoms. The molecule has 0 saturated heterocycles. The number of methoxy groups -OCH3 is 1. The number of aliphatic imine (C=N–C) groups is 1. The Morgan fingerprint density at radius 1 is 1.18 bits per heavy atom. The highest BCUT2D eigenvalue weighted by Crippen LogP contribution is 2.28. The number of hydrogen-bond donors (Lipinski definition) is 1. The van der Waals surface area contributed by atoms with Crippen LogP contribution in [0.3, 0.4) is 0 Å². The summed E-state index contributed by atoms with van der Waals surface area (Å²) in [5, 5.41) is 0.687. The number of rotatable bonds is 4. The minimum absolute atomic E-state index is 0.139. The van der Waals surface area contributed by atoms with Gasteiger partial charge in [0.25, 0.3) is 0 Å². The highest BCUT2D eigenvalue weighted by atomic mass is 35.5. The maximum absolute atomic E-state index is 6.00. The van der Waals surface area contributed by atoms with E-state index < -0.39 is 0 Å². The number of aromatic nitrogens is 3. The van der Waals surface area contributed by atoms with Crippen LogP contribution in [0.5, 0.6) is 5.88 Å². The van der Waals surface area contributed by atoms with Gasteiger partial charge < -0.3 is 9.30 Å². The summed E-state index contributed by atoms with van der Waals surface area (Å²) in [5.41, 5.74) is 6.26. The number of nitrogens with zero attached hydrogens (tertiary/aromatic N) is 4. The summed E-state index contributed by atoms with van der Waals surface area (Å²) in [6.07, 6.45) is 3.50. The SMILES string of the molecule is COc1nc(C2=N[C@H](c3ccc(Cl)cc3)[C@@H](C)ON2)ccc1-n1cnc(C)c1. The van der Waals surface area contributed by atoms with Gasteiger partial charge in [0.1, 0.15) is 23.5 Å². The van der Waals surface area contributed by atoms with E-state index >= 15 is 0 Å². The molecule has 0 unspecified atom stereocenters. The molecule has 0 fully saturated rings. The predicted molar refractivity (Wildman–Crippen MR) is 107 cm³/mol. The Balaban J connectivity index is 1.69. The summed E-state index contributed by atoms with van der Waals surface area (Å²) in [6.45, 7) is 3.89. The smallest absolute Gasteiger partial charge is 0.238 e. The Labute approximate surface area is 168 Å². The van der Waals surface area contributed by atoms with Crippen LogP contribution < -0.4 is 10.2 Å². The second kappa shape index (κ2) is 7.61. The van der Waals surface area contributed by atoms with E-state index in [0.29, 0.717) is 22.4 Å². The number of amidine groups is 1. The lowest BCUT2D eigenvalue weighted by Crippen LogP contribution is -2.38. The number of imidazole rings is 1. The molecule has 0 saturated carbocycles. The van der Waals surface area contributed by atoms with Gasteiger partial charge in [-0.25, -0.2) is 15.4 Å². The molecule has 0 spiro atoms. The van der Waals surface area contributed by atoms with Crippen molar-refractivity contribution in [3.63, 3.8) is 0 Å². The molecule has 0 amide bonds. The number of hydrogen-bond acceptors (Lipinski definition) is 6. The van der Waals surface area contributed by atoms with Crippen molar-refractivity contribution in [3.05, 3.63) is 70.9 Å². The summed E-state index contributed by atoms with van der Waals surface area (Å²) in [4.78, 5) is 19.4. The Morgan fingerprint density at radius 3 is 2.64 bits per heavy atom. The predicted octanol–water partition coefficient (Wildman–Crippen LogP) is 3.65. The van der Waals surface area contributed by atoms with Crippen LogP contribution in [0, 0.1) is 6.92 Å². The third-order valence-electron chi connectivity index (χ3n) is 4.53. The highest BCUT2D eigenvalue weighted by Gasteiger charge is 2.26. The van der Waals surface area contributed by atoms with E-state index in [9.17, 15) is 0 Å². The Hall–Kier alpha value is -2.90. The zero-order chi connectivity index (χ0) is 19.7. The van der Waals surface area contributed by atoms with Gasteiger partial charge in [-0.1, -0.05) is 23.7 Å². The number of aryl methyl sites for hydroxylation is 1. The summed E-state index contributed by atoms with van der Waals surface area (Å²) in [7, 11) is 1.59. The monoisotopic (exact) mass is 397 g/mol. The lowest BCUT2D eigenvalue weighted by molar-refractivity contribution is -0.00478. The number of ether oxygens (including phenoxy) is 1. The Bertz CT molecular complexity index is 1020. The zero-order valence-corrected chi connectivity index (χ0v) is 16.5. The molecule has 3 aromatic rings. The van der Waals surface area contributed by atoms with Crippen LogP contribution >= 0.6 is 11.6 Å². The van der Waals surface area contributed by atoms with Crippen molar-refractivity contribution in [3.8, 4) is 11.6 Å². The van der Waals surface area contributed by atoms with Gasteiger partial charge in [-0.3, -0.25) is 9.83 Å². The third kappa shape index (κ3) is 3.58. The fourth-order valence-electron chi connectivity index (χ4n) is 3.07. The molecule has 7 nitrogen and oxygen atoms in total. The van der Waals surface area contributed by atoms with Crippen molar-refractivity contribution in [1.29, 1.82) is 0 Å². The molecule has 2 atom stereocenters. The van der Waals surface area contributed by atoms with Crippen LogP contribution in [0.25, 0.3) is 5.69 Å². The van der Waals surface area contributed by atoms with Gasteiger partial charge in [0.2, 0.25) is 5.88 Å². The molecule has 0 radical (unpaired) electrons. The van der Waals surface area contributed by atoms with Gasteiger partial charge in [-0.2, -0.15) is 0 Å². The van der Waals surface area contributed by atoms with E-state index in [2.05, 4.69) is 15.4 Å². The largest absolute Gasteiger partial charge is 0.479 e. The first-order chi connectivity index (χ1) is 13.5. The normalized spacial score (nSPS) is 19.1. The van der Waals surface area contributed by atoms with Crippen LogP contribution in [0.1, 0.15) is 29.9 Å². The maximum Gasteiger partial charge on any atom is 0.238 e. The van der Waals surface area contributed by atoms with Gasteiger partial charge in [-0.15, -0.1) is 0 Å². The molecule has 0 bridgehead atoms. The van der Waals surface area contributed by atoms with E-state index in [1.807, 2.05) is 61.0 Å². The van der Waals surface area contributed by atoms with Crippen LogP contribution in [-0.2, 0) is 4.84 Å². The quantitative estimate of drug-likeness (QED) is 0.727. The van der Waals surface area contributed by atoms with Crippen LogP contribution in [0.2, 0.25) is 5.02 Å². The van der Waals surface area contributed by atoms with E-state index in [1.165, 1.54) is 0 Å². The van der Waals surface area contributed by atoms with Gasteiger partial charge in [0.05, 0.1) is 19.1 Å². The van der Waals surface area contributed by atoms with Gasteiger partial charge in [0.15, 0.2) is 5.84 Å². The van der Waals surface area contributed by atoms with E-state index in [-0.39, 0.29) is 12.1 Å². The first-order valence-electron chi connectivity index (χ1n) is 8.86. The average molecular weight is 398 g/mol. The molecule has 1 aliphatic rings. The summed E-state index contributed by atoms with van der Waals surface area (Å²) in [6, 6.07) is 11.2. The second-order valence-corrected chi connectivity index (χ2v) is 6.98. The van der Waals surface area contributed by atoms with Crippen LogP contribution in [-0.4, -0.2) is 33.6 Å².